The highest BCUT2D eigenvalue weighted by molar-refractivity contribution is 6.32. The molecule has 1 amide bonds. The van der Waals surface area contributed by atoms with Crippen LogP contribution in [-0.4, -0.2) is 60.2 Å². The lowest BCUT2D eigenvalue weighted by Gasteiger charge is -2.26. The molecule has 2 heterocycles. The van der Waals surface area contributed by atoms with Gasteiger partial charge in [0.05, 0.1) is 26.0 Å². The van der Waals surface area contributed by atoms with E-state index >= 15 is 0 Å². The first kappa shape index (κ1) is 26.4. The van der Waals surface area contributed by atoms with Crippen molar-refractivity contribution in [3.05, 3.63) is 71.9 Å². The molecule has 4 rings (SSSR count). The van der Waals surface area contributed by atoms with Crippen LogP contribution in [0.4, 0.5) is 28.8 Å². The summed E-state index contributed by atoms with van der Waals surface area (Å²) in [5.74, 6) is 1.37. The molecule has 3 N–H and O–H groups in total. The Hall–Kier alpha value is -3.66. The Labute approximate surface area is 221 Å². The highest BCUT2D eigenvalue weighted by Gasteiger charge is 2.11. The Morgan fingerprint density at radius 3 is 2.78 bits per heavy atom. The van der Waals surface area contributed by atoms with Gasteiger partial charge in [0.25, 0.3) is 0 Å². The predicted molar refractivity (Wildman–Crippen MR) is 147 cm³/mol. The number of nitrogens with zero attached hydrogens (tertiary/aromatic N) is 3. The number of aryl methyl sites for hydroxylation is 1. The Morgan fingerprint density at radius 1 is 1.19 bits per heavy atom. The van der Waals surface area contributed by atoms with E-state index in [2.05, 4.69) is 37.4 Å². The van der Waals surface area contributed by atoms with Crippen LogP contribution >= 0.6 is 11.6 Å². The van der Waals surface area contributed by atoms with Crippen LogP contribution in [0.5, 0.6) is 5.75 Å². The summed E-state index contributed by atoms with van der Waals surface area (Å²) in [4.78, 5) is 22.8. The number of hydrogen-bond donors (Lipinski definition) is 3. The topological polar surface area (TPSA) is 101 Å². The number of ether oxygens (including phenoxy) is 2. The molecule has 2 aromatic carbocycles. The molecule has 1 aliphatic rings. The Kier molecular flexibility index (Phi) is 9.31. The van der Waals surface area contributed by atoms with Gasteiger partial charge in [-0.25, -0.2) is 4.98 Å². The van der Waals surface area contributed by atoms with Gasteiger partial charge in [-0.15, -0.1) is 0 Å². The van der Waals surface area contributed by atoms with Crippen LogP contribution in [-0.2, 0) is 9.53 Å². The molecule has 1 aliphatic heterocycles. The van der Waals surface area contributed by atoms with Gasteiger partial charge in [-0.1, -0.05) is 24.2 Å². The molecule has 0 radical (unpaired) electrons. The second-order valence-corrected chi connectivity index (χ2v) is 8.95. The van der Waals surface area contributed by atoms with Crippen molar-refractivity contribution in [2.45, 2.75) is 13.3 Å². The van der Waals surface area contributed by atoms with Crippen molar-refractivity contribution >= 4 is 46.3 Å². The fourth-order valence-corrected chi connectivity index (χ4v) is 3.95. The van der Waals surface area contributed by atoms with Crippen LogP contribution in [0, 0.1) is 6.92 Å². The van der Waals surface area contributed by atoms with Gasteiger partial charge in [0.2, 0.25) is 11.9 Å². The van der Waals surface area contributed by atoms with Crippen molar-refractivity contribution in [1.29, 1.82) is 0 Å². The molecular weight excluding hydrogens is 492 g/mol. The fraction of sp³-hybridized carbons (Fsp3) is 0.296. The van der Waals surface area contributed by atoms with E-state index in [0.29, 0.717) is 34.8 Å². The minimum atomic E-state index is -0.288. The van der Waals surface area contributed by atoms with Gasteiger partial charge >= 0.3 is 0 Å². The second kappa shape index (κ2) is 13.0. The summed E-state index contributed by atoms with van der Waals surface area (Å²) < 4.78 is 11.3. The van der Waals surface area contributed by atoms with Crippen molar-refractivity contribution in [1.82, 2.24) is 14.9 Å². The lowest BCUT2D eigenvalue weighted by molar-refractivity contribution is -0.111. The van der Waals surface area contributed by atoms with Gasteiger partial charge in [-0.05, 0) is 61.4 Å². The number of anilines is 5. The first-order chi connectivity index (χ1) is 18.0. The molecule has 1 aromatic heterocycles. The van der Waals surface area contributed by atoms with Gasteiger partial charge in [-0.2, -0.15) is 4.98 Å². The minimum Gasteiger partial charge on any atom is -0.494 e. The van der Waals surface area contributed by atoms with E-state index in [1.165, 1.54) is 12.3 Å². The highest BCUT2D eigenvalue weighted by Crippen LogP contribution is 2.28. The SMILES string of the molecule is C=CC(=O)Nc1cccc(Nc2nc(Nc3ccc(OCCCN4CCOCC4)cc3C)ncc2Cl)c1. The van der Waals surface area contributed by atoms with Crippen LogP contribution in [0.15, 0.2) is 61.3 Å². The van der Waals surface area contributed by atoms with Crippen molar-refractivity contribution in [2.75, 3.05) is 55.4 Å². The molecule has 0 spiro atoms. The molecule has 194 valence electrons. The molecule has 1 saturated heterocycles. The molecule has 10 heteroatoms. The number of rotatable bonds is 11. The third kappa shape index (κ3) is 7.91. The number of carbonyl (C=O) groups is 1. The van der Waals surface area contributed by atoms with Crippen LogP contribution in [0.3, 0.4) is 0 Å². The zero-order valence-corrected chi connectivity index (χ0v) is 21.6. The zero-order chi connectivity index (χ0) is 26.0. The average Bonchev–Trinajstić information content (AvgIpc) is 2.91. The number of amides is 1. The van der Waals surface area contributed by atoms with Crippen molar-refractivity contribution in [2.24, 2.45) is 0 Å². The Bertz CT molecular complexity index is 1230. The largest absolute Gasteiger partial charge is 0.494 e. The van der Waals surface area contributed by atoms with Crippen LogP contribution in [0.25, 0.3) is 0 Å². The summed E-state index contributed by atoms with van der Waals surface area (Å²) >= 11 is 6.33. The first-order valence-corrected chi connectivity index (χ1v) is 12.5. The number of nitrogens with one attached hydrogen (secondary N) is 3. The van der Waals surface area contributed by atoms with E-state index in [1.807, 2.05) is 37.3 Å². The third-order valence-corrected chi connectivity index (χ3v) is 6.03. The maximum atomic E-state index is 11.6. The van der Waals surface area contributed by atoms with E-state index < -0.39 is 0 Å². The van der Waals surface area contributed by atoms with Crippen molar-refractivity contribution in [3.8, 4) is 5.75 Å². The second-order valence-electron chi connectivity index (χ2n) is 8.55. The molecule has 0 saturated carbocycles. The summed E-state index contributed by atoms with van der Waals surface area (Å²) in [5, 5.41) is 9.51. The molecule has 3 aromatic rings. The Morgan fingerprint density at radius 2 is 2.00 bits per heavy atom. The van der Waals surface area contributed by atoms with E-state index in [-0.39, 0.29) is 5.91 Å². The van der Waals surface area contributed by atoms with Gasteiger partial charge in [0, 0.05) is 36.7 Å². The molecule has 0 unspecified atom stereocenters. The molecule has 9 nitrogen and oxygen atoms in total. The number of carbonyl (C=O) groups excluding carboxylic acids is 1. The van der Waals surface area contributed by atoms with E-state index in [0.717, 1.165) is 56.3 Å². The number of halogens is 1. The highest BCUT2D eigenvalue weighted by atomic mass is 35.5. The van der Waals surface area contributed by atoms with Crippen LogP contribution in [0.1, 0.15) is 12.0 Å². The van der Waals surface area contributed by atoms with Crippen LogP contribution in [0.2, 0.25) is 5.02 Å². The van der Waals surface area contributed by atoms with Crippen molar-refractivity contribution < 1.29 is 14.3 Å². The summed E-state index contributed by atoms with van der Waals surface area (Å²) in [6.45, 7) is 10.7. The first-order valence-electron chi connectivity index (χ1n) is 12.1. The summed E-state index contributed by atoms with van der Waals surface area (Å²) in [5.41, 5.74) is 3.20. The lowest BCUT2D eigenvalue weighted by Crippen LogP contribution is -2.37. The molecule has 0 bridgehead atoms. The van der Waals surface area contributed by atoms with E-state index in [4.69, 9.17) is 21.1 Å². The van der Waals surface area contributed by atoms with Crippen LogP contribution < -0.4 is 20.7 Å². The van der Waals surface area contributed by atoms with E-state index in [9.17, 15) is 4.79 Å². The van der Waals surface area contributed by atoms with Gasteiger partial charge in [0.1, 0.15) is 10.8 Å². The summed E-state index contributed by atoms with van der Waals surface area (Å²) in [6, 6.07) is 13.1. The normalized spacial score (nSPS) is 13.6. The zero-order valence-electron chi connectivity index (χ0n) is 20.8. The number of hydrogen-bond acceptors (Lipinski definition) is 8. The average molecular weight is 523 g/mol. The third-order valence-electron chi connectivity index (χ3n) is 5.76. The summed E-state index contributed by atoms with van der Waals surface area (Å²) in [6.07, 6.45) is 3.72. The molecular formula is C27H31ClN6O3. The van der Waals surface area contributed by atoms with Crippen molar-refractivity contribution in [3.63, 3.8) is 0 Å². The minimum absolute atomic E-state index is 0.288. The predicted octanol–water partition coefficient (Wildman–Crippen LogP) is 5.15. The quantitative estimate of drug-likeness (QED) is 0.235. The molecule has 0 aliphatic carbocycles. The van der Waals surface area contributed by atoms with Gasteiger partial charge in [-0.3, -0.25) is 9.69 Å². The number of morpholine rings is 1. The fourth-order valence-electron chi connectivity index (χ4n) is 3.81. The number of aromatic nitrogens is 2. The number of benzene rings is 2. The van der Waals surface area contributed by atoms with E-state index in [1.54, 1.807) is 12.1 Å². The molecule has 37 heavy (non-hydrogen) atoms. The standard InChI is InChI=1S/C27H31ClN6O3/c1-3-25(35)30-20-6-4-7-21(17-20)31-26-23(28)18-29-27(33-26)32-24-9-8-22(16-19(24)2)37-13-5-10-34-11-14-36-15-12-34/h3-4,6-9,16-18H,1,5,10-15H2,2H3,(H,30,35)(H2,29,31,32,33). The Balaban J connectivity index is 1.35. The maximum absolute atomic E-state index is 11.6. The summed E-state index contributed by atoms with van der Waals surface area (Å²) in [7, 11) is 0. The van der Waals surface area contributed by atoms with Gasteiger partial charge < -0.3 is 25.4 Å². The maximum Gasteiger partial charge on any atom is 0.247 e. The smallest absolute Gasteiger partial charge is 0.247 e. The monoisotopic (exact) mass is 522 g/mol. The van der Waals surface area contributed by atoms with Gasteiger partial charge in [0.15, 0.2) is 5.82 Å². The lowest BCUT2D eigenvalue weighted by atomic mass is 10.2. The molecule has 0 atom stereocenters. The molecule has 1 fully saturated rings.